The Kier molecular flexibility index (Phi) is 4.80. The molecule has 0 bridgehead atoms. The van der Waals surface area contributed by atoms with Gasteiger partial charge in [-0.05, 0) is 30.4 Å². The number of Topliss-reactive ketones (excluding diaryl/α,β-unsaturated/α-hetero) is 1. The first-order valence-corrected chi connectivity index (χ1v) is 7.72. The summed E-state index contributed by atoms with van der Waals surface area (Å²) in [6, 6.07) is 17.9. The molecule has 2 heteroatoms. The molecule has 0 saturated carbocycles. The van der Waals surface area contributed by atoms with Crippen molar-refractivity contribution in [3.63, 3.8) is 0 Å². The van der Waals surface area contributed by atoms with E-state index in [0.717, 1.165) is 17.5 Å². The molecule has 0 saturated heterocycles. The Labute approximate surface area is 119 Å². The molecule has 0 amide bonds. The zero-order chi connectivity index (χ0) is 13.7. The predicted molar refractivity (Wildman–Crippen MR) is 82.0 cm³/mol. The Hall–Kier alpha value is -1.54. The highest BCUT2D eigenvalue weighted by atomic mass is 32.2. The Morgan fingerprint density at radius 1 is 1.05 bits per heavy atom. The molecule has 98 valence electrons. The number of hydrogen-bond acceptors (Lipinski definition) is 2. The molecular formula is C17H18OS. The Balaban J connectivity index is 2.25. The average Bonchev–Trinajstić information content (AvgIpc) is 2.49. The van der Waals surface area contributed by atoms with Crippen molar-refractivity contribution in [3.05, 3.63) is 65.7 Å². The van der Waals surface area contributed by atoms with E-state index in [1.807, 2.05) is 60.9 Å². The van der Waals surface area contributed by atoms with E-state index in [2.05, 4.69) is 6.92 Å². The summed E-state index contributed by atoms with van der Waals surface area (Å²) in [5.41, 5.74) is 1.90. The fraction of sp³-hybridized carbons (Fsp3) is 0.235. The van der Waals surface area contributed by atoms with Gasteiger partial charge in [0, 0.05) is 16.4 Å². The topological polar surface area (TPSA) is 17.1 Å². The van der Waals surface area contributed by atoms with Gasteiger partial charge < -0.3 is 0 Å². The molecule has 0 aromatic heterocycles. The van der Waals surface area contributed by atoms with Crippen LogP contribution in [0.25, 0.3) is 0 Å². The molecule has 0 N–H and O–H groups in total. The van der Waals surface area contributed by atoms with Gasteiger partial charge in [0.15, 0.2) is 5.78 Å². The third kappa shape index (κ3) is 3.27. The predicted octanol–water partition coefficient (Wildman–Crippen LogP) is 4.79. The molecule has 2 aromatic rings. The summed E-state index contributed by atoms with van der Waals surface area (Å²) in [5.74, 6) is 0.169. The summed E-state index contributed by atoms with van der Waals surface area (Å²) in [6.45, 7) is 2.06. The Morgan fingerprint density at radius 2 is 1.68 bits per heavy atom. The number of ketones is 1. The molecule has 0 heterocycles. The van der Waals surface area contributed by atoms with E-state index in [1.54, 1.807) is 11.8 Å². The van der Waals surface area contributed by atoms with E-state index in [4.69, 9.17) is 0 Å². The van der Waals surface area contributed by atoms with Gasteiger partial charge >= 0.3 is 0 Å². The van der Waals surface area contributed by atoms with Gasteiger partial charge in [-0.2, -0.15) is 0 Å². The van der Waals surface area contributed by atoms with Crippen molar-refractivity contribution in [2.75, 3.05) is 6.26 Å². The van der Waals surface area contributed by atoms with Gasteiger partial charge in [0.2, 0.25) is 0 Å². The number of carbonyl (C=O) groups excluding carboxylic acids is 1. The molecule has 2 aromatic carbocycles. The summed E-state index contributed by atoms with van der Waals surface area (Å²) in [6.07, 6.45) is 2.86. The highest BCUT2D eigenvalue weighted by Crippen LogP contribution is 2.25. The van der Waals surface area contributed by atoms with E-state index in [0.29, 0.717) is 0 Å². The molecule has 0 aliphatic heterocycles. The number of rotatable bonds is 5. The molecule has 1 atom stereocenters. The zero-order valence-electron chi connectivity index (χ0n) is 11.3. The highest BCUT2D eigenvalue weighted by molar-refractivity contribution is 7.98. The Morgan fingerprint density at radius 3 is 2.21 bits per heavy atom. The van der Waals surface area contributed by atoms with Gasteiger partial charge in [0.1, 0.15) is 0 Å². The summed E-state index contributed by atoms with van der Waals surface area (Å²) in [5, 5.41) is 0. The normalized spacial score (nSPS) is 12.1. The molecule has 2 rings (SSSR count). The van der Waals surface area contributed by atoms with Crippen molar-refractivity contribution in [1.29, 1.82) is 0 Å². The first-order chi connectivity index (χ1) is 9.26. The van der Waals surface area contributed by atoms with Crippen molar-refractivity contribution in [2.45, 2.75) is 24.2 Å². The van der Waals surface area contributed by atoms with Crippen molar-refractivity contribution in [1.82, 2.24) is 0 Å². The number of benzene rings is 2. The first-order valence-electron chi connectivity index (χ1n) is 6.49. The van der Waals surface area contributed by atoms with Crippen molar-refractivity contribution >= 4 is 17.5 Å². The lowest BCUT2D eigenvalue weighted by Gasteiger charge is -2.14. The standard InChI is InChI=1S/C17H18OS/c1-3-16(13-7-5-4-6-8-13)17(18)14-9-11-15(19-2)12-10-14/h4-12,16H,3H2,1-2H3. The summed E-state index contributed by atoms with van der Waals surface area (Å²) < 4.78 is 0. The second-order valence-corrected chi connectivity index (χ2v) is 5.34. The van der Waals surface area contributed by atoms with Crippen molar-refractivity contribution < 1.29 is 4.79 Å². The summed E-state index contributed by atoms with van der Waals surface area (Å²) in [7, 11) is 0. The minimum atomic E-state index is -0.0404. The lowest BCUT2D eigenvalue weighted by Crippen LogP contribution is -2.12. The molecule has 0 aliphatic rings. The third-order valence-corrected chi connectivity index (χ3v) is 4.04. The van der Waals surface area contributed by atoms with Crippen LogP contribution < -0.4 is 0 Å². The SMILES string of the molecule is CCC(C(=O)c1ccc(SC)cc1)c1ccccc1. The van der Waals surface area contributed by atoms with E-state index >= 15 is 0 Å². The third-order valence-electron chi connectivity index (χ3n) is 3.30. The maximum Gasteiger partial charge on any atom is 0.170 e. The van der Waals surface area contributed by atoms with Crippen LogP contribution in [0.1, 0.15) is 35.2 Å². The molecule has 0 fully saturated rings. The fourth-order valence-electron chi connectivity index (χ4n) is 2.21. The summed E-state index contributed by atoms with van der Waals surface area (Å²) in [4.78, 5) is 13.8. The van der Waals surface area contributed by atoms with Gasteiger partial charge in [0.25, 0.3) is 0 Å². The molecule has 1 unspecified atom stereocenters. The number of carbonyl (C=O) groups is 1. The lowest BCUT2D eigenvalue weighted by molar-refractivity contribution is 0.0957. The van der Waals surface area contributed by atoms with Gasteiger partial charge in [-0.25, -0.2) is 0 Å². The highest BCUT2D eigenvalue weighted by Gasteiger charge is 2.19. The maximum absolute atomic E-state index is 12.6. The van der Waals surface area contributed by atoms with Crippen LogP contribution in [-0.2, 0) is 0 Å². The van der Waals surface area contributed by atoms with E-state index in [-0.39, 0.29) is 11.7 Å². The van der Waals surface area contributed by atoms with Gasteiger partial charge in [-0.1, -0.05) is 49.4 Å². The Bertz CT molecular complexity index is 531. The maximum atomic E-state index is 12.6. The van der Waals surface area contributed by atoms with E-state index < -0.39 is 0 Å². The van der Waals surface area contributed by atoms with Crippen LogP contribution in [0.5, 0.6) is 0 Å². The first kappa shape index (κ1) is 13.9. The van der Waals surface area contributed by atoms with Crippen LogP contribution in [-0.4, -0.2) is 12.0 Å². The van der Waals surface area contributed by atoms with E-state index in [9.17, 15) is 4.79 Å². The van der Waals surface area contributed by atoms with Gasteiger partial charge in [0.05, 0.1) is 0 Å². The van der Waals surface area contributed by atoms with Crippen LogP contribution >= 0.6 is 11.8 Å². The van der Waals surface area contributed by atoms with Crippen molar-refractivity contribution in [3.8, 4) is 0 Å². The monoisotopic (exact) mass is 270 g/mol. The molecule has 0 radical (unpaired) electrons. The second-order valence-electron chi connectivity index (χ2n) is 4.46. The second kappa shape index (κ2) is 6.58. The fourth-order valence-corrected chi connectivity index (χ4v) is 2.62. The molecule has 0 spiro atoms. The quantitative estimate of drug-likeness (QED) is 0.574. The lowest BCUT2D eigenvalue weighted by atomic mass is 9.89. The molecular weight excluding hydrogens is 252 g/mol. The van der Waals surface area contributed by atoms with E-state index in [1.165, 1.54) is 4.90 Å². The largest absolute Gasteiger partial charge is 0.293 e. The van der Waals surface area contributed by atoms with Crippen LogP contribution in [0.3, 0.4) is 0 Å². The van der Waals surface area contributed by atoms with Gasteiger partial charge in [-0.15, -0.1) is 11.8 Å². The number of hydrogen-bond donors (Lipinski definition) is 0. The average molecular weight is 270 g/mol. The van der Waals surface area contributed by atoms with Crippen LogP contribution in [0.15, 0.2) is 59.5 Å². The van der Waals surface area contributed by atoms with Gasteiger partial charge in [-0.3, -0.25) is 4.79 Å². The van der Waals surface area contributed by atoms with Crippen LogP contribution in [0, 0.1) is 0 Å². The van der Waals surface area contributed by atoms with Crippen LogP contribution in [0.4, 0.5) is 0 Å². The smallest absolute Gasteiger partial charge is 0.170 e. The molecule has 0 aliphatic carbocycles. The minimum Gasteiger partial charge on any atom is -0.293 e. The molecule has 1 nitrogen and oxygen atoms in total. The zero-order valence-corrected chi connectivity index (χ0v) is 12.1. The summed E-state index contributed by atoms with van der Waals surface area (Å²) >= 11 is 1.69. The van der Waals surface area contributed by atoms with Crippen LogP contribution in [0.2, 0.25) is 0 Å². The molecule has 19 heavy (non-hydrogen) atoms. The number of thioether (sulfide) groups is 1. The van der Waals surface area contributed by atoms with Crippen molar-refractivity contribution in [2.24, 2.45) is 0 Å². The minimum absolute atomic E-state index is 0.0404.